The first kappa shape index (κ1) is 18.0. The monoisotopic (exact) mass is 383 g/mol. The minimum Gasteiger partial charge on any atom is -0.348 e. The van der Waals surface area contributed by atoms with E-state index in [1.54, 1.807) is 28.3 Å². The fourth-order valence-corrected chi connectivity index (χ4v) is 4.71. The molecule has 0 N–H and O–H groups in total. The summed E-state index contributed by atoms with van der Waals surface area (Å²) in [4.78, 5) is 21.6. The largest absolute Gasteiger partial charge is 0.348 e. The Balaban J connectivity index is 1.42. The Labute approximate surface area is 163 Å². The van der Waals surface area contributed by atoms with Crippen molar-refractivity contribution in [2.24, 2.45) is 7.05 Å². The van der Waals surface area contributed by atoms with E-state index in [0.29, 0.717) is 5.69 Å². The van der Waals surface area contributed by atoms with Crippen molar-refractivity contribution in [2.75, 3.05) is 25.0 Å². The van der Waals surface area contributed by atoms with Gasteiger partial charge >= 0.3 is 0 Å². The van der Waals surface area contributed by atoms with E-state index < -0.39 is 0 Å². The summed E-state index contributed by atoms with van der Waals surface area (Å²) in [7, 11) is 3.72. The van der Waals surface area contributed by atoms with Gasteiger partial charge in [0.2, 0.25) is 0 Å². The Morgan fingerprint density at radius 3 is 2.74 bits per heavy atom. The zero-order chi connectivity index (χ0) is 19.0. The van der Waals surface area contributed by atoms with Crippen molar-refractivity contribution < 1.29 is 4.79 Å². The van der Waals surface area contributed by atoms with Gasteiger partial charge in [-0.3, -0.25) is 9.48 Å². The van der Waals surface area contributed by atoms with Crippen LogP contribution in [0.4, 0.5) is 5.13 Å². The normalized spacial score (nSPS) is 15.4. The lowest BCUT2D eigenvalue weighted by Crippen LogP contribution is -2.45. The van der Waals surface area contributed by atoms with Crippen LogP contribution >= 0.6 is 11.3 Å². The lowest BCUT2D eigenvalue weighted by molar-refractivity contribution is 0.0702. The smallest absolute Gasteiger partial charge is 0.274 e. The molecule has 1 fully saturated rings. The summed E-state index contributed by atoms with van der Waals surface area (Å²) in [6.07, 6.45) is 4.75. The highest BCUT2D eigenvalue weighted by atomic mass is 32.1. The van der Waals surface area contributed by atoms with E-state index in [9.17, 15) is 4.79 Å². The lowest BCUT2D eigenvalue weighted by Gasteiger charge is -2.36. The number of aromatic nitrogens is 3. The van der Waals surface area contributed by atoms with E-state index in [0.717, 1.165) is 43.0 Å². The van der Waals surface area contributed by atoms with Gasteiger partial charge in [0, 0.05) is 39.4 Å². The van der Waals surface area contributed by atoms with Crippen LogP contribution in [-0.4, -0.2) is 51.8 Å². The van der Waals surface area contributed by atoms with Crippen LogP contribution in [0.5, 0.6) is 0 Å². The second kappa shape index (κ2) is 7.31. The lowest BCUT2D eigenvalue weighted by atomic mass is 10.0. The Bertz CT molecular complexity index is 954. The summed E-state index contributed by atoms with van der Waals surface area (Å²) in [6.45, 7) is 4.02. The molecule has 6 nitrogen and oxygen atoms in total. The number of fused-ring (bicyclic) bond motifs is 1. The molecule has 2 aromatic heterocycles. The zero-order valence-corrected chi connectivity index (χ0v) is 16.9. The SMILES string of the molecule is CCc1ccc2nc(N3CCC(N(C)C(=O)c4ccn(C)n4)CC3)sc2c1. The first-order chi connectivity index (χ1) is 13.0. The molecule has 3 aromatic rings. The number of hydrogen-bond donors (Lipinski definition) is 0. The molecule has 0 bridgehead atoms. The van der Waals surface area contributed by atoms with Crippen LogP contribution in [0.25, 0.3) is 10.2 Å². The van der Waals surface area contributed by atoms with Crippen LogP contribution in [0.15, 0.2) is 30.5 Å². The second-order valence-electron chi connectivity index (χ2n) is 7.16. The Morgan fingerprint density at radius 2 is 2.07 bits per heavy atom. The van der Waals surface area contributed by atoms with Gasteiger partial charge in [0.1, 0.15) is 5.69 Å². The number of piperidine rings is 1. The quantitative estimate of drug-likeness (QED) is 0.693. The van der Waals surface area contributed by atoms with Crippen molar-refractivity contribution >= 4 is 32.6 Å². The molecule has 0 atom stereocenters. The molecule has 0 unspecified atom stereocenters. The molecule has 0 saturated carbocycles. The average Bonchev–Trinajstić information content (AvgIpc) is 3.32. The topological polar surface area (TPSA) is 54.3 Å². The predicted octanol–water partition coefficient (Wildman–Crippen LogP) is 3.33. The maximum Gasteiger partial charge on any atom is 0.274 e. The summed E-state index contributed by atoms with van der Waals surface area (Å²) >= 11 is 1.77. The maximum atomic E-state index is 12.6. The van der Waals surface area contributed by atoms with Gasteiger partial charge < -0.3 is 9.80 Å². The molecule has 27 heavy (non-hydrogen) atoms. The van der Waals surface area contributed by atoms with Gasteiger partial charge in [-0.1, -0.05) is 24.3 Å². The number of thiazole rings is 1. The van der Waals surface area contributed by atoms with Gasteiger partial charge in [-0.15, -0.1) is 0 Å². The van der Waals surface area contributed by atoms with Crippen molar-refractivity contribution in [1.29, 1.82) is 0 Å². The molecule has 0 aliphatic carbocycles. The molecule has 1 aliphatic heterocycles. The molecule has 0 spiro atoms. The molecular formula is C20H25N5OS. The van der Waals surface area contributed by atoms with Gasteiger partial charge in [0.05, 0.1) is 10.2 Å². The molecule has 0 radical (unpaired) electrons. The van der Waals surface area contributed by atoms with Crippen molar-refractivity contribution in [3.63, 3.8) is 0 Å². The van der Waals surface area contributed by atoms with E-state index in [1.165, 1.54) is 10.3 Å². The third kappa shape index (κ3) is 3.56. The van der Waals surface area contributed by atoms with Gasteiger partial charge in [-0.25, -0.2) is 4.98 Å². The highest BCUT2D eigenvalue weighted by Crippen LogP contribution is 2.32. The molecule has 1 amide bonds. The Kier molecular flexibility index (Phi) is 4.86. The van der Waals surface area contributed by atoms with Crippen molar-refractivity contribution in [2.45, 2.75) is 32.2 Å². The molecule has 142 valence electrons. The molecule has 4 rings (SSSR count). The summed E-state index contributed by atoms with van der Waals surface area (Å²) in [5, 5.41) is 5.33. The number of anilines is 1. The standard InChI is InChI=1S/C20H25N5OS/c1-4-14-5-6-16-18(13-14)27-20(21-16)25-11-7-15(8-12-25)24(3)19(26)17-9-10-23(2)22-17/h5-6,9-10,13,15H,4,7-8,11-12H2,1-3H3. The average molecular weight is 384 g/mol. The minimum atomic E-state index is 0.00105. The number of rotatable bonds is 4. The fourth-order valence-electron chi connectivity index (χ4n) is 3.63. The number of aryl methyl sites for hydroxylation is 2. The van der Waals surface area contributed by atoms with E-state index in [2.05, 4.69) is 35.1 Å². The van der Waals surface area contributed by atoms with Crippen LogP contribution in [-0.2, 0) is 13.5 Å². The number of carbonyl (C=O) groups is 1. The summed E-state index contributed by atoms with van der Waals surface area (Å²) in [6, 6.07) is 8.57. The van der Waals surface area contributed by atoms with E-state index >= 15 is 0 Å². The highest BCUT2D eigenvalue weighted by molar-refractivity contribution is 7.22. The Morgan fingerprint density at radius 1 is 1.30 bits per heavy atom. The van der Waals surface area contributed by atoms with Gasteiger partial charge in [-0.05, 0) is 43.0 Å². The van der Waals surface area contributed by atoms with Crippen molar-refractivity contribution in [3.05, 3.63) is 41.7 Å². The maximum absolute atomic E-state index is 12.6. The minimum absolute atomic E-state index is 0.00105. The van der Waals surface area contributed by atoms with E-state index in [1.807, 2.05) is 19.0 Å². The summed E-state index contributed by atoms with van der Waals surface area (Å²) in [5.74, 6) is 0.00105. The summed E-state index contributed by atoms with van der Waals surface area (Å²) in [5.41, 5.74) is 2.95. The molecule has 1 saturated heterocycles. The van der Waals surface area contributed by atoms with Gasteiger partial charge in [0.25, 0.3) is 5.91 Å². The van der Waals surface area contributed by atoms with E-state index in [-0.39, 0.29) is 11.9 Å². The number of carbonyl (C=O) groups excluding carboxylic acids is 1. The molecular weight excluding hydrogens is 358 g/mol. The van der Waals surface area contributed by atoms with Gasteiger partial charge in [0.15, 0.2) is 5.13 Å². The van der Waals surface area contributed by atoms with Crippen molar-refractivity contribution in [1.82, 2.24) is 19.7 Å². The third-order valence-corrected chi connectivity index (χ3v) is 6.46. The number of benzene rings is 1. The van der Waals surface area contributed by atoms with Crippen LogP contribution < -0.4 is 4.90 Å². The Hall–Kier alpha value is -2.41. The molecule has 7 heteroatoms. The summed E-state index contributed by atoms with van der Waals surface area (Å²) < 4.78 is 2.93. The van der Waals surface area contributed by atoms with Crippen LogP contribution in [0.1, 0.15) is 35.8 Å². The van der Waals surface area contributed by atoms with E-state index in [4.69, 9.17) is 4.98 Å². The molecule has 1 aromatic carbocycles. The van der Waals surface area contributed by atoms with Crippen LogP contribution in [0.2, 0.25) is 0 Å². The first-order valence-electron chi connectivity index (χ1n) is 9.46. The molecule has 1 aliphatic rings. The third-order valence-electron chi connectivity index (χ3n) is 5.39. The van der Waals surface area contributed by atoms with Crippen LogP contribution in [0.3, 0.4) is 0 Å². The van der Waals surface area contributed by atoms with Crippen LogP contribution in [0, 0.1) is 0 Å². The number of hydrogen-bond acceptors (Lipinski definition) is 5. The zero-order valence-electron chi connectivity index (χ0n) is 16.1. The van der Waals surface area contributed by atoms with Gasteiger partial charge in [-0.2, -0.15) is 5.10 Å². The van der Waals surface area contributed by atoms with Crippen molar-refractivity contribution in [3.8, 4) is 0 Å². The predicted molar refractivity (Wildman–Crippen MR) is 110 cm³/mol. The number of amides is 1. The second-order valence-corrected chi connectivity index (χ2v) is 8.17. The first-order valence-corrected chi connectivity index (χ1v) is 10.3. The molecule has 3 heterocycles. The highest BCUT2D eigenvalue weighted by Gasteiger charge is 2.28. The number of nitrogens with zero attached hydrogens (tertiary/aromatic N) is 5. The fraction of sp³-hybridized carbons (Fsp3) is 0.450.